The van der Waals surface area contributed by atoms with Crippen molar-refractivity contribution in [2.24, 2.45) is 0 Å². The van der Waals surface area contributed by atoms with E-state index in [2.05, 4.69) is 244 Å². The van der Waals surface area contributed by atoms with E-state index < -0.39 is 0 Å². The molecule has 3 aliphatic rings. The van der Waals surface area contributed by atoms with Crippen LogP contribution in [-0.2, 0) is 10.8 Å². The molecule has 0 spiro atoms. The first-order valence-electron chi connectivity index (χ1n) is 23.0. The molecule has 0 atom stereocenters. The van der Waals surface area contributed by atoms with Gasteiger partial charge >= 0.3 is 0 Å². The van der Waals surface area contributed by atoms with Crippen molar-refractivity contribution in [3.63, 3.8) is 0 Å². The highest BCUT2D eigenvalue weighted by Crippen LogP contribution is 2.54. The maximum atomic E-state index is 15.1. The normalized spacial score (nSPS) is 14.3. The predicted octanol–water partition coefficient (Wildman–Crippen LogP) is 16.8. The van der Waals surface area contributed by atoms with Crippen molar-refractivity contribution in [1.29, 1.82) is 0 Å². The Balaban J connectivity index is 0.957. The van der Waals surface area contributed by atoms with Crippen LogP contribution < -0.4 is 9.80 Å². The molecule has 3 aliphatic carbocycles. The zero-order chi connectivity index (χ0) is 44.5. The summed E-state index contributed by atoms with van der Waals surface area (Å²) in [6.45, 7) is 9.34. The summed E-state index contributed by atoms with van der Waals surface area (Å²) in [5, 5.41) is 4.61. The van der Waals surface area contributed by atoms with Crippen LogP contribution in [0.15, 0.2) is 206 Å². The molecule has 0 aromatic heterocycles. The molecule has 0 radical (unpaired) electrons. The molecule has 314 valence electrons. The van der Waals surface area contributed by atoms with Gasteiger partial charge in [0.2, 0.25) is 0 Å². The summed E-state index contributed by atoms with van der Waals surface area (Å²) in [6, 6.07) is 74.4. The van der Waals surface area contributed by atoms with Crippen molar-refractivity contribution in [3.8, 4) is 33.4 Å². The smallest absolute Gasteiger partial charge is 0.194 e. The van der Waals surface area contributed by atoms with Crippen molar-refractivity contribution >= 4 is 61.5 Å². The van der Waals surface area contributed by atoms with Crippen LogP contribution in [-0.4, -0.2) is 5.78 Å². The second-order valence-corrected chi connectivity index (χ2v) is 19.3. The molecule has 0 saturated heterocycles. The van der Waals surface area contributed by atoms with Gasteiger partial charge in [-0.05, 0) is 127 Å². The summed E-state index contributed by atoms with van der Waals surface area (Å²) < 4.78 is 0. The third-order valence-electron chi connectivity index (χ3n) is 15.0. The number of hydrogen-bond donors (Lipinski definition) is 0. The van der Waals surface area contributed by atoms with Gasteiger partial charge in [0.15, 0.2) is 5.78 Å². The van der Waals surface area contributed by atoms with Crippen LogP contribution in [0.3, 0.4) is 0 Å². The van der Waals surface area contributed by atoms with Crippen molar-refractivity contribution in [2.75, 3.05) is 9.80 Å². The molecule has 0 unspecified atom stereocenters. The van der Waals surface area contributed by atoms with E-state index in [1.165, 1.54) is 44.5 Å². The topological polar surface area (TPSA) is 23.6 Å². The Morgan fingerprint density at radius 3 is 1.15 bits per heavy atom. The van der Waals surface area contributed by atoms with Crippen LogP contribution in [0, 0.1) is 0 Å². The third-order valence-corrected chi connectivity index (χ3v) is 15.0. The Hall–Kier alpha value is -8.01. The number of carbonyl (C=O) groups excluding carboxylic acids is 1. The molecular weight excluding hydrogens is 801 g/mol. The number of fused-ring (bicyclic) bond motifs is 11. The first kappa shape index (κ1) is 38.4. The van der Waals surface area contributed by atoms with E-state index in [-0.39, 0.29) is 16.6 Å². The van der Waals surface area contributed by atoms with Gasteiger partial charge in [-0.2, -0.15) is 0 Å². The largest absolute Gasteiger partial charge is 0.310 e. The molecule has 0 fully saturated rings. The Labute approximate surface area is 385 Å². The van der Waals surface area contributed by atoms with E-state index in [1.54, 1.807) is 0 Å². The number of anilines is 6. The molecule has 0 N–H and O–H groups in total. The fraction of sp³-hybridized carbons (Fsp3) is 0.0952. The lowest BCUT2D eigenvalue weighted by Crippen LogP contribution is -2.18. The Bertz CT molecular complexity index is 3510. The van der Waals surface area contributed by atoms with Crippen LogP contribution in [0.25, 0.3) is 54.9 Å². The van der Waals surface area contributed by atoms with Gasteiger partial charge in [0.1, 0.15) is 0 Å². The Morgan fingerprint density at radius 2 is 0.667 bits per heavy atom. The molecule has 10 aromatic carbocycles. The van der Waals surface area contributed by atoms with Gasteiger partial charge in [-0.25, -0.2) is 0 Å². The van der Waals surface area contributed by atoms with Crippen molar-refractivity contribution in [3.05, 3.63) is 240 Å². The zero-order valence-corrected chi connectivity index (χ0v) is 37.4. The first-order chi connectivity index (χ1) is 32.2. The van der Waals surface area contributed by atoms with Gasteiger partial charge in [0, 0.05) is 55.5 Å². The number of rotatable bonds is 6. The van der Waals surface area contributed by atoms with E-state index >= 15 is 4.79 Å². The number of benzene rings is 10. The monoisotopic (exact) mass is 846 g/mol. The van der Waals surface area contributed by atoms with Crippen LogP contribution >= 0.6 is 0 Å². The van der Waals surface area contributed by atoms with Crippen molar-refractivity contribution in [1.82, 2.24) is 0 Å². The molecule has 0 heterocycles. The van der Waals surface area contributed by atoms with Gasteiger partial charge in [-0.3, -0.25) is 4.79 Å². The maximum absolute atomic E-state index is 15.1. The summed E-state index contributed by atoms with van der Waals surface area (Å²) in [6.07, 6.45) is 0. The SMILES string of the molecule is CC1(C)c2ccccc2-c2ccc(N(c3ccc4c(c3)C(=O)c3cc(N(c5cccc6ccccc56)c5cccc6ccccc56)ccc3-4)c3ccc4c(c3)C(C)(C)c3ccccc3-4)cc21. The van der Waals surface area contributed by atoms with E-state index in [1.807, 2.05) is 0 Å². The van der Waals surface area contributed by atoms with Gasteiger partial charge in [0.25, 0.3) is 0 Å². The maximum Gasteiger partial charge on any atom is 0.194 e. The molecule has 13 rings (SSSR count). The molecule has 66 heavy (non-hydrogen) atoms. The summed E-state index contributed by atoms with van der Waals surface area (Å²) in [5.74, 6) is 0.0375. The Morgan fingerprint density at radius 1 is 0.303 bits per heavy atom. The quantitative estimate of drug-likeness (QED) is 0.167. The van der Waals surface area contributed by atoms with Crippen molar-refractivity contribution < 1.29 is 4.79 Å². The number of ketones is 1. The fourth-order valence-electron chi connectivity index (χ4n) is 11.7. The van der Waals surface area contributed by atoms with Gasteiger partial charge in [-0.1, -0.05) is 173 Å². The van der Waals surface area contributed by atoms with Crippen molar-refractivity contribution in [2.45, 2.75) is 38.5 Å². The standard InChI is InChI=1S/C63H46N2O/c1-62(2)55-23-11-9-21-49(55)51-33-29-43(37-57(51)62)64(44-30-34-52-50-22-10-12-24-56(50)63(3,4)58(52)38-44)41-27-31-47-48-32-28-42(36-54(48)61(66)53(47)35-41)65(59-25-13-17-39-15-5-7-19-45(39)59)60-26-14-18-40-16-6-8-20-46(40)60/h5-38H,1-4H3. The third kappa shape index (κ3) is 5.47. The molecule has 0 saturated carbocycles. The minimum absolute atomic E-state index is 0.0375. The molecule has 3 nitrogen and oxygen atoms in total. The lowest BCUT2D eigenvalue weighted by atomic mass is 9.82. The van der Waals surface area contributed by atoms with E-state index in [4.69, 9.17) is 0 Å². The highest BCUT2D eigenvalue weighted by Gasteiger charge is 2.38. The first-order valence-corrected chi connectivity index (χ1v) is 23.0. The average Bonchev–Trinajstić information content (AvgIpc) is 3.86. The summed E-state index contributed by atoms with van der Waals surface area (Å²) in [7, 11) is 0. The fourth-order valence-corrected chi connectivity index (χ4v) is 11.7. The summed E-state index contributed by atoms with van der Waals surface area (Å²) in [5.41, 5.74) is 19.6. The number of hydrogen-bond acceptors (Lipinski definition) is 3. The van der Waals surface area contributed by atoms with Gasteiger partial charge in [-0.15, -0.1) is 0 Å². The molecule has 0 aliphatic heterocycles. The highest BCUT2D eigenvalue weighted by molar-refractivity contribution is 6.23. The van der Waals surface area contributed by atoms with Gasteiger partial charge in [0.05, 0.1) is 11.4 Å². The predicted molar refractivity (Wildman–Crippen MR) is 275 cm³/mol. The van der Waals surface area contributed by atoms with Crippen LogP contribution in [0.4, 0.5) is 34.1 Å². The molecule has 0 amide bonds. The summed E-state index contributed by atoms with van der Waals surface area (Å²) in [4.78, 5) is 19.8. The van der Waals surface area contributed by atoms with Crippen LogP contribution in [0.2, 0.25) is 0 Å². The van der Waals surface area contributed by atoms with E-state index in [0.717, 1.165) is 66.8 Å². The zero-order valence-electron chi connectivity index (χ0n) is 37.4. The Kier molecular flexibility index (Phi) is 8.15. The average molecular weight is 847 g/mol. The number of nitrogens with zero attached hydrogens (tertiary/aromatic N) is 2. The minimum Gasteiger partial charge on any atom is -0.310 e. The lowest BCUT2D eigenvalue weighted by molar-refractivity contribution is 0.104. The summed E-state index contributed by atoms with van der Waals surface area (Å²) >= 11 is 0. The second-order valence-electron chi connectivity index (χ2n) is 19.3. The molecule has 0 bridgehead atoms. The van der Waals surface area contributed by atoms with E-state index in [9.17, 15) is 0 Å². The number of carbonyl (C=O) groups is 1. The molecular formula is C63H46N2O. The highest BCUT2D eigenvalue weighted by atomic mass is 16.1. The van der Waals surface area contributed by atoms with Crippen LogP contribution in [0.5, 0.6) is 0 Å². The molecule has 10 aromatic rings. The minimum atomic E-state index is -0.172. The van der Waals surface area contributed by atoms with Gasteiger partial charge < -0.3 is 9.80 Å². The van der Waals surface area contributed by atoms with Crippen LogP contribution in [0.1, 0.15) is 65.9 Å². The van der Waals surface area contributed by atoms with E-state index in [0.29, 0.717) is 11.1 Å². The lowest BCUT2D eigenvalue weighted by Gasteiger charge is -2.30. The molecule has 3 heteroatoms. The second kappa shape index (κ2) is 14.0.